The van der Waals surface area contributed by atoms with Crippen molar-refractivity contribution in [1.82, 2.24) is 10.6 Å². The number of piperazine rings is 1. The van der Waals surface area contributed by atoms with Gasteiger partial charge in [-0.15, -0.1) is 0 Å². The lowest BCUT2D eigenvalue weighted by Crippen LogP contribution is -2.54. The van der Waals surface area contributed by atoms with Gasteiger partial charge in [0.1, 0.15) is 0 Å². The fourth-order valence-corrected chi connectivity index (χ4v) is 1.62. The molecule has 2 atom stereocenters. The van der Waals surface area contributed by atoms with Crippen molar-refractivity contribution in [3.05, 3.63) is 12.2 Å². The predicted molar refractivity (Wildman–Crippen MR) is 42.0 cm³/mol. The van der Waals surface area contributed by atoms with Crippen molar-refractivity contribution in [2.24, 2.45) is 0 Å². The number of hydrogen-bond donors (Lipinski definition) is 2. The molecule has 2 N–H and O–H groups in total. The first-order chi connectivity index (χ1) is 4.95. The second-order valence-electron chi connectivity index (χ2n) is 3.15. The lowest BCUT2D eigenvalue weighted by molar-refractivity contribution is 0.340. The maximum atomic E-state index is 3.51. The van der Waals surface area contributed by atoms with E-state index in [-0.39, 0.29) is 0 Å². The van der Waals surface area contributed by atoms with Gasteiger partial charge in [-0.2, -0.15) is 0 Å². The number of fused-ring (bicyclic) bond motifs is 4. The van der Waals surface area contributed by atoms with Crippen LogP contribution >= 0.6 is 0 Å². The first kappa shape index (κ1) is 6.38. The van der Waals surface area contributed by atoms with Crippen LogP contribution in [0.2, 0.25) is 0 Å². The lowest BCUT2D eigenvalue weighted by Gasteiger charge is -2.31. The molecule has 0 saturated carbocycles. The van der Waals surface area contributed by atoms with Crippen LogP contribution in [0.1, 0.15) is 12.8 Å². The van der Waals surface area contributed by atoms with Gasteiger partial charge in [0, 0.05) is 25.2 Å². The SMILES string of the molecule is C1=CC[C@@H]2CN[C@H](C1)CN2. The van der Waals surface area contributed by atoms with Crippen LogP contribution in [0.4, 0.5) is 0 Å². The molecule has 3 aliphatic rings. The third kappa shape index (κ3) is 1.22. The van der Waals surface area contributed by atoms with Crippen LogP contribution < -0.4 is 10.6 Å². The Bertz CT molecular complexity index is 118. The molecule has 56 valence electrons. The van der Waals surface area contributed by atoms with E-state index in [4.69, 9.17) is 0 Å². The van der Waals surface area contributed by atoms with Gasteiger partial charge in [-0.3, -0.25) is 0 Å². The monoisotopic (exact) mass is 138 g/mol. The minimum atomic E-state index is 0.688. The normalized spacial score (nSPS) is 39.2. The van der Waals surface area contributed by atoms with E-state index in [0.717, 1.165) is 13.1 Å². The van der Waals surface area contributed by atoms with Gasteiger partial charge in [-0.25, -0.2) is 0 Å². The molecule has 0 aromatic heterocycles. The second kappa shape index (κ2) is 2.72. The van der Waals surface area contributed by atoms with Gasteiger partial charge < -0.3 is 10.6 Å². The molecule has 0 aliphatic carbocycles. The highest BCUT2D eigenvalue weighted by atomic mass is 15.1. The summed E-state index contributed by atoms with van der Waals surface area (Å²) in [5.41, 5.74) is 0. The molecular formula is C8H14N2. The summed E-state index contributed by atoms with van der Waals surface area (Å²) in [6.07, 6.45) is 6.98. The topological polar surface area (TPSA) is 24.1 Å². The molecule has 3 rings (SSSR count). The summed E-state index contributed by atoms with van der Waals surface area (Å²) in [5, 5.41) is 7.01. The molecule has 2 nitrogen and oxygen atoms in total. The molecule has 0 radical (unpaired) electrons. The summed E-state index contributed by atoms with van der Waals surface area (Å²) in [7, 11) is 0. The fraction of sp³-hybridized carbons (Fsp3) is 0.750. The van der Waals surface area contributed by atoms with Gasteiger partial charge in [0.05, 0.1) is 0 Å². The van der Waals surface area contributed by atoms with E-state index >= 15 is 0 Å². The van der Waals surface area contributed by atoms with Crippen LogP contribution in [0.5, 0.6) is 0 Å². The van der Waals surface area contributed by atoms with Crippen LogP contribution in [0.25, 0.3) is 0 Å². The van der Waals surface area contributed by atoms with E-state index in [1.807, 2.05) is 0 Å². The maximum Gasteiger partial charge on any atom is 0.0227 e. The van der Waals surface area contributed by atoms with Gasteiger partial charge in [-0.05, 0) is 12.8 Å². The Balaban J connectivity index is 2.06. The minimum absolute atomic E-state index is 0.688. The minimum Gasteiger partial charge on any atom is -0.311 e. The Morgan fingerprint density at radius 2 is 1.40 bits per heavy atom. The quantitative estimate of drug-likeness (QED) is 0.469. The zero-order valence-corrected chi connectivity index (χ0v) is 6.14. The van der Waals surface area contributed by atoms with Gasteiger partial charge in [0.15, 0.2) is 0 Å². The van der Waals surface area contributed by atoms with Crippen molar-refractivity contribution in [2.45, 2.75) is 24.9 Å². The second-order valence-corrected chi connectivity index (χ2v) is 3.15. The highest BCUT2D eigenvalue weighted by molar-refractivity contribution is 4.97. The molecule has 0 amide bonds. The van der Waals surface area contributed by atoms with Crippen molar-refractivity contribution in [3.8, 4) is 0 Å². The van der Waals surface area contributed by atoms with E-state index in [1.165, 1.54) is 12.8 Å². The van der Waals surface area contributed by atoms with E-state index in [1.54, 1.807) is 0 Å². The Hall–Kier alpha value is -0.340. The van der Waals surface area contributed by atoms with Crippen molar-refractivity contribution in [3.63, 3.8) is 0 Å². The molecule has 3 heterocycles. The van der Waals surface area contributed by atoms with E-state index in [2.05, 4.69) is 22.8 Å². The van der Waals surface area contributed by atoms with Crippen LogP contribution in [0.15, 0.2) is 12.2 Å². The molecular weight excluding hydrogens is 124 g/mol. The van der Waals surface area contributed by atoms with Gasteiger partial charge in [0.2, 0.25) is 0 Å². The van der Waals surface area contributed by atoms with E-state index in [0.29, 0.717) is 12.1 Å². The summed E-state index contributed by atoms with van der Waals surface area (Å²) in [4.78, 5) is 0. The highest BCUT2D eigenvalue weighted by Crippen LogP contribution is 2.06. The molecule has 0 aromatic rings. The van der Waals surface area contributed by atoms with Gasteiger partial charge >= 0.3 is 0 Å². The molecule has 10 heavy (non-hydrogen) atoms. The molecule has 3 aliphatic heterocycles. The zero-order valence-electron chi connectivity index (χ0n) is 6.14. The average Bonchev–Trinajstić information content (AvgIpc) is 1.89. The zero-order chi connectivity index (χ0) is 6.81. The van der Waals surface area contributed by atoms with Crippen molar-refractivity contribution in [2.75, 3.05) is 13.1 Å². The molecule has 1 fully saturated rings. The summed E-state index contributed by atoms with van der Waals surface area (Å²) in [5.74, 6) is 0. The summed E-state index contributed by atoms with van der Waals surface area (Å²) < 4.78 is 0. The molecule has 0 unspecified atom stereocenters. The first-order valence-electron chi connectivity index (χ1n) is 4.07. The summed E-state index contributed by atoms with van der Waals surface area (Å²) in [6.45, 7) is 2.30. The van der Waals surface area contributed by atoms with E-state index < -0.39 is 0 Å². The summed E-state index contributed by atoms with van der Waals surface area (Å²) in [6, 6.07) is 1.38. The smallest absolute Gasteiger partial charge is 0.0227 e. The highest BCUT2D eigenvalue weighted by Gasteiger charge is 2.19. The largest absolute Gasteiger partial charge is 0.311 e. The molecule has 2 bridgehead atoms. The molecule has 1 saturated heterocycles. The summed E-state index contributed by atoms with van der Waals surface area (Å²) >= 11 is 0. The van der Waals surface area contributed by atoms with Gasteiger partial charge in [-0.1, -0.05) is 12.2 Å². The van der Waals surface area contributed by atoms with Crippen molar-refractivity contribution in [1.29, 1.82) is 0 Å². The number of nitrogens with one attached hydrogen (secondary N) is 2. The Morgan fingerprint density at radius 3 is 1.80 bits per heavy atom. The molecule has 2 heteroatoms. The van der Waals surface area contributed by atoms with Crippen molar-refractivity contribution < 1.29 is 0 Å². The Labute approximate surface area is 61.7 Å². The molecule has 0 aromatic carbocycles. The van der Waals surface area contributed by atoms with Crippen molar-refractivity contribution >= 4 is 0 Å². The third-order valence-corrected chi connectivity index (χ3v) is 2.31. The van der Waals surface area contributed by atoms with Gasteiger partial charge in [0.25, 0.3) is 0 Å². The average molecular weight is 138 g/mol. The van der Waals surface area contributed by atoms with Crippen LogP contribution in [-0.4, -0.2) is 25.2 Å². The van der Waals surface area contributed by atoms with E-state index in [9.17, 15) is 0 Å². The fourth-order valence-electron chi connectivity index (χ4n) is 1.62. The third-order valence-electron chi connectivity index (χ3n) is 2.31. The first-order valence-corrected chi connectivity index (χ1v) is 4.07. The van der Waals surface area contributed by atoms with Crippen LogP contribution in [0, 0.1) is 0 Å². The lowest BCUT2D eigenvalue weighted by atomic mass is 10.0. The maximum absolute atomic E-state index is 3.51. The molecule has 0 spiro atoms. The number of rotatable bonds is 0. The van der Waals surface area contributed by atoms with Crippen LogP contribution in [-0.2, 0) is 0 Å². The predicted octanol–water partition coefficient (Wildman–Crippen LogP) is 0.266. The number of hydrogen-bond acceptors (Lipinski definition) is 2. The standard InChI is InChI=1S/C8H14N2/c1-2-4-8-6-9-7(3-1)5-10-8/h1-2,7-10H,3-6H2/t7-,8-/m1/s1. The Morgan fingerprint density at radius 1 is 0.900 bits per heavy atom. The Kier molecular flexibility index (Phi) is 1.74. The van der Waals surface area contributed by atoms with Crippen LogP contribution in [0.3, 0.4) is 0 Å².